The largest absolute Gasteiger partial charge is 0.329 e. The Balaban J connectivity index is 1.90. The average Bonchev–Trinajstić information content (AvgIpc) is 2.76. The van der Waals surface area contributed by atoms with Gasteiger partial charge in [0, 0.05) is 25.2 Å². The van der Waals surface area contributed by atoms with Gasteiger partial charge in [-0.25, -0.2) is 0 Å². The Kier molecular flexibility index (Phi) is 4.68. The lowest BCUT2D eigenvalue weighted by atomic mass is 9.76. The fourth-order valence-corrected chi connectivity index (χ4v) is 3.80. The summed E-state index contributed by atoms with van der Waals surface area (Å²) in [5, 5.41) is 0. The molecule has 0 amide bonds. The molecule has 1 saturated heterocycles. The van der Waals surface area contributed by atoms with Gasteiger partial charge in [-0.15, -0.1) is 0 Å². The third kappa shape index (κ3) is 3.06. The van der Waals surface area contributed by atoms with E-state index in [-0.39, 0.29) is 0 Å². The molecule has 2 rings (SSSR count). The Morgan fingerprint density at radius 1 is 1.28 bits per heavy atom. The van der Waals surface area contributed by atoms with Crippen LogP contribution in [0.3, 0.4) is 0 Å². The quantitative estimate of drug-likeness (QED) is 0.829. The van der Waals surface area contributed by atoms with Crippen LogP contribution in [0.4, 0.5) is 0 Å². The standard InChI is InChI=1S/C15H31N3/c1-13-4-7-15(12-16,8-5-13)18(3)11-14-6-9-17(2)10-14/h13-14H,4-12,16H2,1-3H3. The molecule has 2 N–H and O–H groups in total. The molecule has 1 atom stereocenters. The first-order valence-electron chi connectivity index (χ1n) is 7.65. The van der Waals surface area contributed by atoms with Crippen molar-refractivity contribution in [2.24, 2.45) is 17.6 Å². The number of likely N-dealkylation sites (tertiary alicyclic amines) is 1. The SMILES string of the molecule is CC1CCC(CN)(N(C)CC2CCN(C)C2)CC1. The monoisotopic (exact) mass is 253 g/mol. The number of nitrogens with two attached hydrogens (primary N) is 1. The van der Waals surface area contributed by atoms with E-state index in [0.717, 1.165) is 18.4 Å². The summed E-state index contributed by atoms with van der Waals surface area (Å²) in [6, 6.07) is 0. The van der Waals surface area contributed by atoms with Gasteiger partial charge in [0.15, 0.2) is 0 Å². The van der Waals surface area contributed by atoms with Crippen molar-refractivity contribution in [2.45, 2.75) is 44.6 Å². The van der Waals surface area contributed by atoms with Crippen LogP contribution in [0.25, 0.3) is 0 Å². The van der Waals surface area contributed by atoms with Crippen LogP contribution >= 0.6 is 0 Å². The van der Waals surface area contributed by atoms with Gasteiger partial charge in [0.05, 0.1) is 0 Å². The molecule has 1 aliphatic heterocycles. The minimum absolute atomic E-state index is 0.299. The molecule has 0 bridgehead atoms. The van der Waals surface area contributed by atoms with E-state index in [1.165, 1.54) is 51.7 Å². The van der Waals surface area contributed by atoms with Crippen LogP contribution < -0.4 is 5.73 Å². The lowest BCUT2D eigenvalue weighted by Gasteiger charge is -2.46. The summed E-state index contributed by atoms with van der Waals surface area (Å²) >= 11 is 0. The molecule has 3 nitrogen and oxygen atoms in total. The summed E-state index contributed by atoms with van der Waals surface area (Å²) in [5.74, 6) is 1.75. The van der Waals surface area contributed by atoms with E-state index in [4.69, 9.17) is 5.73 Å². The van der Waals surface area contributed by atoms with Crippen LogP contribution in [0.5, 0.6) is 0 Å². The summed E-state index contributed by atoms with van der Waals surface area (Å²) in [4.78, 5) is 5.05. The van der Waals surface area contributed by atoms with Crippen molar-refractivity contribution >= 4 is 0 Å². The number of rotatable bonds is 4. The highest BCUT2D eigenvalue weighted by molar-refractivity contribution is 4.95. The minimum atomic E-state index is 0.299. The summed E-state index contributed by atoms with van der Waals surface area (Å²) < 4.78 is 0. The molecule has 1 heterocycles. The first kappa shape index (κ1) is 14.3. The molecule has 0 aromatic carbocycles. The van der Waals surface area contributed by atoms with Gasteiger partial charge in [-0.3, -0.25) is 4.90 Å². The van der Waals surface area contributed by atoms with E-state index in [0.29, 0.717) is 5.54 Å². The average molecular weight is 253 g/mol. The van der Waals surface area contributed by atoms with Gasteiger partial charge in [-0.1, -0.05) is 6.92 Å². The number of nitrogens with zero attached hydrogens (tertiary/aromatic N) is 2. The number of hydrogen-bond acceptors (Lipinski definition) is 3. The first-order valence-corrected chi connectivity index (χ1v) is 7.65. The normalized spacial score (nSPS) is 38.5. The Bertz CT molecular complexity index is 258. The summed E-state index contributed by atoms with van der Waals surface area (Å²) in [5.41, 5.74) is 6.43. The van der Waals surface area contributed by atoms with E-state index >= 15 is 0 Å². The van der Waals surface area contributed by atoms with E-state index in [9.17, 15) is 0 Å². The van der Waals surface area contributed by atoms with E-state index < -0.39 is 0 Å². The fraction of sp³-hybridized carbons (Fsp3) is 1.00. The second-order valence-corrected chi connectivity index (χ2v) is 6.91. The van der Waals surface area contributed by atoms with Crippen LogP contribution in [0.2, 0.25) is 0 Å². The van der Waals surface area contributed by atoms with Crippen molar-refractivity contribution in [1.29, 1.82) is 0 Å². The molecule has 1 unspecified atom stereocenters. The lowest BCUT2D eigenvalue weighted by Crippen LogP contribution is -2.55. The molecule has 2 fully saturated rings. The van der Waals surface area contributed by atoms with Crippen molar-refractivity contribution in [3.8, 4) is 0 Å². The van der Waals surface area contributed by atoms with Gasteiger partial charge >= 0.3 is 0 Å². The second kappa shape index (κ2) is 5.89. The highest BCUT2D eigenvalue weighted by atomic mass is 15.2. The maximum absolute atomic E-state index is 6.13. The maximum atomic E-state index is 6.13. The molecular weight excluding hydrogens is 222 g/mol. The molecule has 1 saturated carbocycles. The molecular formula is C15H31N3. The van der Waals surface area contributed by atoms with E-state index in [1.54, 1.807) is 0 Å². The van der Waals surface area contributed by atoms with Gasteiger partial charge in [-0.2, -0.15) is 0 Å². The van der Waals surface area contributed by atoms with Crippen LogP contribution in [-0.2, 0) is 0 Å². The first-order chi connectivity index (χ1) is 8.55. The van der Waals surface area contributed by atoms with Gasteiger partial charge in [0.1, 0.15) is 0 Å². The zero-order chi connectivity index (χ0) is 13.2. The molecule has 18 heavy (non-hydrogen) atoms. The maximum Gasteiger partial charge on any atom is 0.0329 e. The topological polar surface area (TPSA) is 32.5 Å². The molecule has 2 aliphatic rings. The zero-order valence-corrected chi connectivity index (χ0v) is 12.5. The molecule has 3 heteroatoms. The Morgan fingerprint density at radius 2 is 1.94 bits per heavy atom. The van der Waals surface area contributed by atoms with Crippen LogP contribution in [0, 0.1) is 11.8 Å². The molecule has 0 radical (unpaired) electrons. The number of likely N-dealkylation sites (N-methyl/N-ethyl adjacent to an activating group) is 1. The fourth-order valence-electron chi connectivity index (χ4n) is 3.80. The van der Waals surface area contributed by atoms with Gasteiger partial charge in [0.25, 0.3) is 0 Å². The molecule has 0 spiro atoms. The predicted octanol–water partition coefficient (Wildman–Crippen LogP) is 1.78. The Morgan fingerprint density at radius 3 is 2.44 bits per heavy atom. The third-order valence-electron chi connectivity index (χ3n) is 5.42. The van der Waals surface area contributed by atoms with E-state index in [2.05, 4.69) is 30.8 Å². The van der Waals surface area contributed by atoms with Crippen molar-refractivity contribution in [1.82, 2.24) is 9.80 Å². The summed E-state index contributed by atoms with van der Waals surface area (Å²) in [6.07, 6.45) is 6.66. The van der Waals surface area contributed by atoms with Gasteiger partial charge in [0.2, 0.25) is 0 Å². The molecule has 0 aromatic heterocycles. The number of hydrogen-bond donors (Lipinski definition) is 1. The van der Waals surface area contributed by atoms with Crippen molar-refractivity contribution < 1.29 is 0 Å². The molecule has 0 aromatic rings. The highest BCUT2D eigenvalue weighted by Gasteiger charge is 2.37. The van der Waals surface area contributed by atoms with Gasteiger partial charge < -0.3 is 10.6 Å². The summed E-state index contributed by atoms with van der Waals surface area (Å²) in [7, 11) is 4.54. The smallest absolute Gasteiger partial charge is 0.0329 e. The van der Waals surface area contributed by atoms with Crippen LogP contribution in [0.15, 0.2) is 0 Å². The second-order valence-electron chi connectivity index (χ2n) is 6.91. The minimum Gasteiger partial charge on any atom is -0.329 e. The summed E-state index contributed by atoms with van der Waals surface area (Å²) in [6.45, 7) is 6.98. The van der Waals surface area contributed by atoms with E-state index in [1.807, 2.05) is 0 Å². The Hall–Kier alpha value is -0.120. The van der Waals surface area contributed by atoms with Crippen molar-refractivity contribution in [2.75, 3.05) is 40.3 Å². The lowest BCUT2D eigenvalue weighted by molar-refractivity contribution is 0.0557. The van der Waals surface area contributed by atoms with Crippen molar-refractivity contribution in [3.05, 3.63) is 0 Å². The predicted molar refractivity (Wildman–Crippen MR) is 77.7 cm³/mol. The van der Waals surface area contributed by atoms with Crippen molar-refractivity contribution in [3.63, 3.8) is 0 Å². The highest BCUT2D eigenvalue weighted by Crippen LogP contribution is 2.35. The van der Waals surface area contributed by atoms with Crippen LogP contribution in [-0.4, -0.2) is 55.6 Å². The third-order valence-corrected chi connectivity index (χ3v) is 5.42. The Labute approximate surface area is 113 Å². The molecule has 1 aliphatic carbocycles. The zero-order valence-electron chi connectivity index (χ0n) is 12.5. The van der Waals surface area contributed by atoms with Gasteiger partial charge in [-0.05, 0) is 64.6 Å². The molecule has 106 valence electrons. The van der Waals surface area contributed by atoms with Crippen LogP contribution in [0.1, 0.15) is 39.0 Å².